The van der Waals surface area contributed by atoms with Crippen LogP contribution < -0.4 is 10.6 Å². The van der Waals surface area contributed by atoms with Gasteiger partial charge < -0.3 is 20.6 Å². The van der Waals surface area contributed by atoms with Crippen molar-refractivity contribution in [1.82, 2.24) is 10.2 Å². The number of aliphatic hydroxyl groups is 1. The molecule has 2 atom stereocenters. The third kappa shape index (κ3) is 2.51. The maximum absolute atomic E-state index is 11.6. The molecule has 1 saturated heterocycles. The zero-order valence-electron chi connectivity index (χ0n) is 11.7. The van der Waals surface area contributed by atoms with Crippen molar-refractivity contribution in [3.8, 4) is 0 Å². The molecule has 1 aromatic carbocycles. The Balaban J connectivity index is 1.81. The van der Waals surface area contributed by atoms with Crippen molar-refractivity contribution in [2.24, 2.45) is 0 Å². The van der Waals surface area contributed by atoms with Crippen molar-refractivity contribution in [3.63, 3.8) is 0 Å². The monoisotopic (exact) mass is 275 g/mol. The molecule has 2 aliphatic heterocycles. The van der Waals surface area contributed by atoms with Gasteiger partial charge in [-0.1, -0.05) is 12.5 Å². The summed E-state index contributed by atoms with van der Waals surface area (Å²) in [6, 6.07) is 5.86. The van der Waals surface area contributed by atoms with Crippen LogP contribution in [0.15, 0.2) is 18.2 Å². The first-order valence-corrected chi connectivity index (χ1v) is 7.21. The van der Waals surface area contributed by atoms with Gasteiger partial charge in [-0.05, 0) is 42.6 Å². The second-order valence-corrected chi connectivity index (χ2v) is 5.70. The van der Waals surface area contributed by atoms with Crippen LogP contribution in [0.3, 0.4) is 0 Å². The lowest BCUT2D eigenvalue weighted by Crippen LogP contribution is -2.39. The lowest BCUT2D eigenvalue weighted by atomic mass is 9.93. The van der Waals surface area contributed by atoms with Crippen LogP contribution in [-0.2, 0) is 6.54 Å². The van der Waals surface area contributed by atoms with Crippen LogP contribution in [0.5, 0.6) is 0 Å². The van der Waals surface area contributed by atoms with Crippen molar-refractivity contribution >= 4 is 11.7 Å². The van der Waals surface area contributed by atoms with Crippen molar-refractivity contribution in [2.75, 3.05) is 18.9 Å². The van der Waals surface area contributed by atoms with Gasteiger partial charge in [0, 0.05) is 25.3 Å². The second kappa shape index (κ2) is 5.42. The summed E-state index contributed by atoms with van der Waals surface area (Å²) in [6.07, 6.45) is 2.88. The third-order valence-corrected chi connectivity index (χ3v) is 4.20. The number of hydrogen-bond acceptors (Lipinski definition) is 3. The molecule has 0 radical (unpaired) electrons. The van der Waals surface area contributed by atoms with Gasteiger partial charge in [0.15, 0.2) is 0 Å². The van der Waals surface area contributed by atoms with Crippen LogP contribution in [0.1, 0.15) is 36.5 Å². The Hall–Kier alpha value is -1.59. The highest BCUT2D eigenvalue weighted by molar-refractivity contribution is 5.92. The molecule has 2 aliphatic rings. The first-order chi connectivity index (χ1) is 9.65. The van der Waals surface area contributed by atoms with E-state index in [1.807, 2.05) is 18.2 Å². The minimum atomic E-state index is -0.483. The molecule has 2 unspecified atom stereocenters. The van der Waals surface area contributed by atoms with Gasteiger partial charge in [0.25, 0.3) is 0 Å². The Labute approximate surface area is 119 Å². The smallest absolute Gasteiger partial charge is 0.321 e. The predicted octanol–water partition coefficient (Wildman–Crippen LogP) is 1.84. The van der Waals surface area contributed by atoms with Crippen molar-refractivity contribution in [1.29, 1.82) is 0 Å². The number of carbonyl (C=O) groups is 1. The van der Waals surface area contributed by atoms with E-state index in [4.69, 9.17) is 0 Å². The minimum Gasteiger partial charge on any atom is -0.387 e. The third-order valence-electron chi connectivity index (χ3n) is 4.20. The van der Waals surface area contributed by atoms with Crippen LogP contribution in [0, 0.1) is 0 Å². The number of hydrogen-bond donors (Lipinski definition) is 3. The second-order valence-electron chi connectivity index (χ2n) is 5.70. The van der Waals surface area contributed by atoms with Gasteiger partial charge in [0.1, 0.15) is 0 Å². The van der Waals surface area contributed by atoms with Gasteiger partial charge in [-0.25, -0.2) is 4.79 Å². The quantitative estimate of drug-likeness (QED) is 0.771. The van der Waals surface area contributed by atoms with E-state index in [-0.39, 0.29) is 12.1 Å². The molecule has 0 aromatic heterocycles. The van der Waals surface area contributed by atoms with E-state index < -0.39 is 6.10 Å². The summed E-state index contributed by atoms with van der Waals surface area (Å²) in [5.74, 6) is 0. The van der Waals surface area contributed by atoms with E-state index in [2.05, 4.69) is 10.6 Å². The van der Waals surface area contributed by atoms with Crippen LogP contribution in [0.25, 0.3) is 0 Å². The van der Waals surface area contributed by atoms with Gasteiger partial charge in [0.2, 0.25) is 0 Å². The SMILES string of the molecule is CN1Cc2cc(C(O)C3CCCCN3)ccc2NC1=O. The number of piperidine rings is 1. The van der Waals surface area contributed by atoms with E-state index >= 15 is 0 Å². The Morgan fingerprint density at radius 2 is 2.25 bits per heavy atom. The Morgan fingerprint density at radius 1 is 1.40 bits per heavy atom. The Morgan fingerprint density at radius 3 is 3.00 bits per heavy atom. The molecule has 2 amide bonds. The highest BCUT2D eigenvalue weighted by atomic mass is 16.3. The number of nitrogens with zero attached hydrogens (tertiary/aromatic N) is 1. The van der Waals surface area contributed by atoms with Gasteiger partial charge in [-0.3, -0.25) is 0 Å². The minimum absolute atomic E-state index is 0.0836. The maximum Gasteiger partial charge on any atom is 0.321 e. The number of carbonyl (C=O) groups excluding carboxylic acids is 1. The maximum atomic E-state index is 11.6. The molecule has 20 heavy (non-hydrogen) atoms. The fourth-order valence-electron chi connectivity index (χ4n) is 2.97. The van der Waals surface area contributed by atoms with Crippen molar-refractivity contribution < 1.29 is 9.90 Å². The summed E-state index contributed by atoms with van der Waals surface area (Å²) in [5.41, 5.74) is 2.83. The predicted molar refractivity (Wildman–Crippen MR) is 77.5 cm³/mol. The summed E-state index contributed by atoms with van der Waals surface area (Å²) in [5, 5.41) is 16.7. The number of amides is 2. The van der Waals surface area contributed by atoms with E-state index in [1.165, 1.54) is 12.8 Å². The molecule has 0 bridgehead atoms. The summed E-state index contributed by atoms with van der Waals surface area (Å²) < 4.78 is 0. The molecule has 108 valence electrons. The van der Waals surface area contributed by atoms with Gasteiger partial charge >= 0.3 is 6.03 Å². The van der Waals surface area contributed by atoms with Crippen LogP contribution in [-0.4, -0.2) is 35.7 Å². The largest absolute Gasteiger partial charge is 0.387 e. The first kappa shape index (κ1) is 13.4. The standard InChI is InChI=1S/C15H21N3O2/c1-18-9-11-8-10(5-6-12(11)17-15(18)20)14(19)13-4-2-3-7-16-13/h5-6,8,13-14,16,19H,2-4,7,9H2,1H3,(H,17,20). The molecule has 5 nitrogen and oxygen atoms in total. The lowest BCUT2D eigenvalue weighted by molar-refractivity contribution is 0.114. The Bertz CT molecular complexity index is 512. The van der Waals surface area contributed by atoms with Gasteiger partial charge in [0.05, 0.1) is 6.10 Å². The molecule has 2 heterocycles. The van der Waals surface area contributed by atoms with E-state index in [9.17, 15) is 9.90 Å². The van der Waals surface area contributed by atoms with Crippen LogP contribution in [0.2, 0.25) is 0 Å². The topological polar surface area (TPSA) is 64.6 Å². The number of urea groups is 1. The molecule has 5 heteroatoms. The molecule has 1 fully saturated rings. The lowest BCUT2D eigenvalue weighted by Gasteiger charge is -2.30. The molecule has 0 saturated carbocycles. The van der Waals surface area contributed by atoms with Gasteiger partial charge in [-0.15, -0.1) is 0 Å². The number of benzene rings is 1. The zero-order valence-corrected chi connectivity index (χ0v) is 11.7. The van der Waals surface area contributed by atoms with Crippen molar-refractivity contribution in [3.05, 3.63) is 29.3 Å². The fraction of sp³-hybridized carbons (Fsp3) is 0.533. The van der Waals surface area contributed by atoms with E-state index in [0.717, 1.165) is 29.8 Å². The normalized spacial score (nSPS) is 24.0. The summed E-state index contributed by atoms with van der Waals surface area (Å²) in [7, 11) is 1.77. The molecular weight excluding hydrogens is 254 g/mol. The van der Waals surface area contributed by atoms with E-state index in [0.29, 0.717) is 6.54 Å². The summed E-state index contributed by atoms with van der Waals surface area (Å²) in [6.45, 7) is 1.56. The molecule has 0 spiro atoms. The number of anilines is 1. The average molecular weight is 275 g/mol. The van der Waals surface area contributed by atoms with Gasteiger partial charge in [-0.2, -0.15) is 0 Å². The van der Waals surface area contributed by atoms with Crippen molar-refractivity contribution in [2.45, 2.75) is 38.0 Å². The van der Waals surface area contributed by atoms with Crippen LogP contribution >= 0.6 is 0 Å². The number of nitrogens with one attached hydrogen (secondary N) is 2. The number of rotatable bonds is 2. The molecule has 3 N–H and O–H groups in total. The average Bonchev–Trinajstić information content (AvgIpc) is 2.48. The first-order valence-electron chi connectivity index (χ1n) is 7.21. The number of fused-ring (bicyclic) bond motifs is 1. The zero-order chi connectivity index (χ0) is 14.1. The highest BCUT2D eigenvalue weighted by Gasteiger charge is 2.25. The summed E-state index contributed by atoms with van der Waals surface area (Å²) >= 11 is 0. The van der Waals surface area contributed by atoms with Crippen LogP contribution in [0.4, 0.5) is 10.5 Å². The molecule has 1 aromatic rings. The molecular formula is C15H21N3O2. The highest BCUT2D eigenvalue weighted by Crippen LogP contribution is 2.29. The summed E-state index contributed by atoms with van der Waals surface area (Å²) in [4.78, 5) is 13.2. The Kier molecular flexibility index (Phi) is 3.63. The molecule has 0 aliphatic carbocycles. The number of aliphatic hydroxyl groups excluding tert-OH is 1. The van der Waals surface area contributed by atoms with E-state index in [1.54, 1.807) is 11.9 Å². The fourth-order valence-corrected chi connectivity index (χ4v) is 2.97. The molecule has 3 rings (SSSR count).